The Morgan fingerprint density at radius 2 is 1.50 bits per heavy atom. The summed E-state index contributed by atoms with van der Waals surface area (Å²) >= 11 is 0. The first-order valence-electron chi connectivity index (χ1n) is 2.97. The van der Waals surface area contributed by atoms with Crippen molar-refractivity contribution in [3.63, 3.8) is 0 Å². The van der Waals surface area contributed by atoms with Gasteiger partial charge in [-0.3, -0.25) is 0 Å². The number of benzene rings is 1. The van der Waals surface area contributed by atoms with Gasteiger partial charge < -0.3 is 5.11 Å². The summed E-state index contributed by atoms with van der Waals surface area (Å²) in [6.07, 6.45) is 0. The fourth-order valence-electron chi connectivity index (χ4n) is 0.806. The van der Waals surface area contributed by atoms with Crippen LogP contribution in [0.4, 0.5) is 0 Å². The normalized spacial score (nSPS) is 8.60. The van der Waals surface area contributed by atoms with Crippen LogP contribution in [0.25, 0.3) is 0 Å². The standard InChI is InChI=1S/C8H10O.Mn/c1-6-4-3-5-7(2)8(6)9;/h3-5,9H,1-2H3;. The molecule has 0 unspecified atom stereocenters. The van der Waals surface area contributed by atoms with Crippen LogP contribution in [0, 0.1) is 13.8 Å². The van der Waals surface area contributed by atoms with E-state index in [1.54, 1.807) is 0 Å². The molecule has 1 aromatic rings. The summed E-state index contributed by atoms with van der Waals surface area (Å²) in [7, 11) is 0. The molecule has 1 radical (unpaired) electrons. The van der Waals surface area contributed by atoms with E-state index in [2.05, 4.69) is 0 Å². The van der Waals surface area contributed by atoms with Gasteiger partial charge >= 0.3 is 0 Å². The van der Waals surface area contributed by atoms with Crippen LogP contribution in [0.1, 0.15) is 11.1 Å². The summed E-state index contributed by atoms with van der Waals surface area (Å²) in [5.41, 5.74) is 1.88. The van der Waals surface area contributed by atoms with E-state index >= 15 is 0 Å². The molecule has 0 saturated heterocycles. The summed E-state index contributed by atoms with van der Waals surface area (Å²) in [6, 6.07) is 5.72. The monoisotopic (exact) mass is 177 g/mol. The zero-order valence-electron chi connectivity index (χ0n) is 6.06. The summed E-state index contributed by atoms with van der Waals surface area (Å²) < 4.78 is 0. The third-order valence-electron chi connectivity index (χ3n) is 1.44. The summed E-state index contributed by atoms with van der Waals surface area (Å²) in [6.45, 7) is 3.78. The molecule has 0 atom stereocenters. The van der Waals surface area contributed by atoms with Crippen molar-refractivity contribution in [3.8, 4) is 5.75 Å². The molecule has 2 heteroatoms. The van der Waals surface area contributed by atoms with E-state index in [9.17, 15) is 5.11 Å². The van der Waals surface area contributed by atoms with Gasteiger partial charge in [0.25, 0.3) is 0 Å². The molecule has 10 heavy (non-hydrogen) atoms. The molecule has 0 aliphatic carbocycles. The quantitative estimate of drug-likeness (QED) is 0.601. The van der Waals surface area contributed by atoms with E-state index in [1.807, 2.05) is 32.0 Å². The molecule has 0 aliphatic heterocycles. The maximum atomic E-state index is 9.21. The number of aryl methyl sites for hydroxylation is 2. The fraction of sp³-hybridized carbons (Fsp3) is 0.250. The Morgan fingerprint density at radius 1 is 1.10 bits per heavy atom. The van der Waals surface area contributed by atoms with Crippen LogP contribution in [0.2, 0.25) is 0 Å². The Balaban J connectivity index is 0.000000810. The van der Waals surface area contributed by atoms with Gasteiger partial charge in [-0.2, -0.15) is 0 Å². The largest absolute Gasteiger partial charge is 0.507 e. The van der Waals surface area contributed by atoms with E-state index in [1.165, 1.54) is 0 Å². The minimum Gasteiger partial charge on any atom is -0.507 e. The molecule has 0 saturated carbocycles. The van der Waals surface area contributed by atoms with Gasteiger partial charge in [-0.05, 0) is 25.0 Å². The number of hydrogen-bond acceptors (Lipinski definition) is 1. The number of phenolic OH excluding ortho intramolecular Hbond substituents is 1. The van der Waals surface area contributed by atoms with Crippen molar-refractivity contribution in [1.29, 1.82) is 0 Å². The topological polar surface area (TPSA) is 20.2 Å². The molecule has 55 valence electrons. The van der Waals surface area contributed by atoms with E-state index in [4.69, 9.17) is 0 Å². The molecule has 1 N–H and O–H groups in total. The molecule has 1 nitrogen and oxygen atoms in total. The molecule has 0 aliphatic rings. The van der Waals surface area contributed by atoms with E-state index in [0.717, 1.165) is 11.1 Å². The molecule has 0 spiro atoms. The summed E-state index contributed by atoms with van der Waals surface area (Å²) in [5.74, 6) is 0.414. The number of para-hydroxylation sites is 1. The maximum absolute atomic E-state index is 9.21. The van der Waals surface area contributed by atoms with Crippen LogP contribution in [0.5, 0.6) is 5.75 Å². The zero-order valence-corrected chi connectivity index (χ0v) is 7.24. The Labute approximate surface area is 71.6 Å². The van der Waals surface area contributed by atoms with Gasteiger partial charge in [-0.25, -0.2) is 0 Å². The van der Waals surface area contributed by atoms with Crippen LogP contribution in [0.15, 0.2) is 18.2 Å². The van der Waals surface area contributed by atoms with E-state index in [0.29, 0.717) is 5.75 Å². The smallest absolute Gasteiger partial charge is 0.121 e. The first kappa shape index (κ1) is 9.54. The average molecular weight is 177 g/mol. The second kappa shape index (κ2) is 3.65. The zero-order chi connectivity index (χ0) is 6.85. The van der Waals surface area contributed by atoms with Crippen LogP contribution < -0.4 is 0 Å². The molecule has 0 fully saturated rings. The van der Waals surface area contributed by atoms with Crippen molar-refractivity contribution in [1.82, 2.24) is 0 Å². The Morgan fingerprint density at radius 3 is 1.80 bits per heavy atom. The maximum Gasteiger partial charge on any atom is 0.121 e. The Kier molecular flexibility index (Phi) is 3.48. The fourth-order valence-corrected chi connectivity index (χ4v) is 0.806. The third kappa shape index (κ3) is 1.76. The number of phenols is 1. The van der Waals surface area contributed by atoms with Crippen molar-refractivity contribution in [3.05, 3.63) is 29.3 Å². The van der Waals surface area contributed by atoms with Gasteiger partial charge in [-0.1, -0.05) is 18.2 Å². The second-order valence-electron chi connectivity index (χ2n) is 2.24. The van der Waals surface area contributed by atoms with Crippen LogP contribution >= 0.6 is 0 Å². The summed E-state index contributed by atoms with van der Waals surface area (Å²) in [4.78, 5) is 0. The van der Waals surface area contributed by atoms with Crippen molar-refractivity contribution in [2.45, 2.75) is 13.8 Å². The number of aromatic hydroxyl groups is 1. The second-order valence-corrected chi connectivity index (χ2v) is 2.24. The van der Waals surface area contributed by atoms with Gasteiger partial charge in [0.05, 0.1) is 0 Å². The van der Waals surface area contributed by atoms with Gasteiger partial charge in [0.1, 0.15) is 5.75 Å². The third-order valence-corrected chi connectivity index (χ3v) is 1.44. The van der Waals surface area contributed by atoms with Crippen molar-refractivity contribution < 1.29 is 22.2 Å². The molecule has 1 rings (SSSR count). The van der Waals surface area contributed by atoms with E-state index < -0.39 is 0 Å². The molecule has 1 aromatic carbocycles. The minimum atomic E-state index is 0. The van der Waals surface area contributed by atoms with Gasteiger partial charge in [-0.15, -0.1) is 0 Å². The molecule has 0 bridgehead atoms. The molecule has 0 heterocycles. The first-order valence-corrected chi connectivity index (χ1v) is 2.97. The summed E-state index contributed by atoms with van der Waals surface area (Å²) in [5, 5.41) is 9.21. The van der Waals surface area contributed by atoms with Gasteiger partial charge in [0, 0.05) is 17.1 Å². The predicted octanol–water partition coefficient (Wildman–Crippen LogP) is 2.01. The Hall–Kier alpha value is -0.461. The van der Waals surface area contributed by atoms with E-state index in [-0.39, 0.29) is 17.1 Å². The van der Waals surface area contributed by atoms with Crippen molar-refractivity contribution in [2.75, 3.05) is 0 Å². The predicted molar refractivity (Wildman–Crippen MR) is 37.6 cm³/mol. The first-order chi connectivity index (χ1) is 4.22. The SMILES string of the molecule is Cc1cccc(C)c1O.[Mn]. The van der Waals surface area contributed by atoms with Gasteiger partial charge in [0.2, 0.25) is 0 Å². The number of hydrogen-bond donors (Lipinski definition) is 1. The van der Waals surface area contributed by atoms with Crippen molar-refractivity contribution in [2.24, 2.45) is 0 Å². The van der Waals surface area contributed by atoms with Crippen LogP contribution in [-0.4, -0.2) is 5.11 Å². The van der Waals surface area contributed by atoms with Crippen LogP contribution in [-0.2, 0) is 17.1 Å². The molecular weight excluding hydrogens is 167 g/mol. The molecule has 0 amide bonds. The molecule has 0 aromatic heterocycles. The van der Waals surface area contributed by atoms with Crippen molar-refractivity contribution >= 4 is 0 Å². The Bertz CT molecular complexity index is 200. The average Bonchev–Trinajstić information content (AvgIpc) is 1.83. The van der Waals surface area contributed by atoms with Crippen LogP contribution in [0.3, 0.4) is 0 Å². The van der Waals surface area contributed by atoms with Gasteiger partial charge in [0.15, 0.2) is 0 Å². The molecular formula is C8H10MnO. The minimum absolute atomic E-state index is 0. The number of rotatable bonds is 0.